The Labute approximate surface area is 222 Å². The van der Waals surface area contributed by atoms with E-state index in [4.69, 9.17) is 5.73 Å². The molecule has 3 heterocycles. The number of hydrogen-bond acceptors (Lipinski definition) is 5. The molecule has 0 aliphatic carbocycles. The highest BCUT2D eigenvalue weighted by Gasteiger charge is 2.34. The van der Waals surface area contributed by atoms with Crippen molar-refractivity contribution in [1.29, 1.82) is 0 Å². The van der Waals surface area contributed by atoms with Crippen molar-refractivity contribution in [2.75, 3.05) is 49.5 Å². The summed E-state index contributed by atoms with van der Waals surface area (Å²) in [6.45, 7) is 9.93. The topological polar surface area (TPSA) is 44.5 Å². The van der Waals surface area contributed by atoms with Gasteiger partial charge in [-0.05, 0) is 60.1 Å². The normalized spacial score (nSPS) is 20.0. The summed E-state index contributed by atoms with van der Waals surface area (Å²) in [6, 6.07) is 9.34. The lowest BCUT2D eigenvalue weighted by Gasteiger charge is -2.34. The molecule has 2 aromatic carbocycles. The Bertz CT molecular complexity index is 1080. The number of rotatable bonds is 5. The number of hydrogen-bond donors (Lipinski definition) is 2. The molecule has 36 heavy (non-hydrogen) atoms. The number of nitrogens with zero attached hydrogens (tertiary/aromatic N) is 2. The summed E-state index contributed by atoms with van der Waals surface area (Å²) >= 11 is 1.48. The van der Waals surface area contributed by atoms with Gasteiger partial charge in [0.15, 0.2) is 0 Å². The fourth-order valence-corrected chi connectivity index (χ4v) is 6.72. The first kappa shape index (κ1) is 27.4. The second kappa shape index (κ2) is 10.6. The van der Waals surface area contributed by atoms with Crippen LogP contribution in [-0.2, 0) is 12.6 Å². The molecular formula is C27H36ClF3N4S. The number of piperidine rings is 1. The number of alkyl halides is 3. The van der Waals surface area contributed by atoms with Gasteiger partial charge in [-0.15, -0.1) is 12.4 Å². The largest absolute Gasteiger partial charge is 0.416 e. The van der Waals surface area contributed by atoms with Gasteiger partial charge < -0.3 is 20.9 Å². The number of benzene rings is 2. The summed E-state index contributed by atoms with van der Waals surface area (Å²) in [7, 11) is 0. The first-order valence-corrected chi connectivity index (χ1v) is 13.4. The summed E-state index contributed by atoms with van der Waals surface area (Å²) in [5.74, 6) is 0. The average Bonchev–Trinajstić information content (AvgIpc) is 3.18. The molecule has 9 heteroatoms. The van der Waals surface area contributed by atoms with Crippen molar-refractivity contribution in [2.45, 2.75) is 61.5 Å². The number of nitrogens with two attached hydrogens (primary N) is 1. The Balaban J connectivity index is 0.00000304. The predicted molar refractivity (Wildman–Crippen MR) is 145 cm³/mol. The van der Waals surface area contributed by atoms with E-state index < -0.39 is 11.7 Å². The number of nitrogens with one attached hydrogen (secondary N) is 1. The van der Waals surface area contributed by atoms with Gasteiger partial charge in [0.1, 0.15) is 0 Å². The molecule has 0 radical (unpaired) electrons. The third kappa shape index (κ3) is 5.93. The van der Waals surface area contributed by atoms with Crippen LogP contribution in [0.3, 0.4) is 0 Å². The molecule has 3 aliphatic heterocycles. The number of anilines is 2. The van der Waals surface area contributed by atoms with Gasteiger partial charge >= 0.3 is 6.18 Å². The number of fused-ring (bicyclic) bond motifs is 2. The van der Waals surface area contributed by atoms with Gasteiger partial charge in [0.2, 0.25) is 0 Å². The van der Waals surface area contributed by atoms with Crippen molar-refractivity contribution < 1.29 is 13.2 Å². The summed E-state index contributed by atoms with van der Waals surface area (Å²) in [4.78, 5) is 6.51. The minimum Gasteiger partial charge on any atom is -0.382 e. The fourth-order valence-electron chi connectivity index (χ4n) is 5.54. The van der Waals surface area contributed by atoms with E-state index in [1.807, 2.05) is 0 Å². The predicted octanol–water partition coefficient (Wildman–Crippen LogP) is 6.25. The molecule has 0 unspecified atom stereocenters. The quantitative estimate of drug-likeness (QED) is 0.400. The molecule has 198 valence electrons. The highest BCUT2D eigenvalue weighted by atomic mass is 35.5. The zero-order chi connectivity index (χ0) is 24.8. The van der Waals surface area contributed by atoms with Gasteiger partial charge in [0, 0.05) is 72.9 Å². The second-order valence-electron chi connectivity index (χ2n) is 11.0. The zero-order valence-electron chi connectivity index (χ0n) is 21.0. The molecular weight excluding hydrogens is 505 g/mol. The molecule has 0 saturated carbocycles. The maximum atomic E-state index is 13.8. The summed E-state index contributed by atoms with van der Waals surface area (Å²) < 4.78 is 41.5. The Morgan fingerprint density at radius 3 is 2.47 bits per heavy atom. The molecule has 0 aromatic heterocycles. The van der Waals surface area contributed by atoms with Crippen molar-refractivity contribution in [3.05, 3.63) is 47.0 Å². The Morgan fingerprint density at radius 2 is 1.83 bits per heavy atom. The lowest BCUT2D eigenvalue weighted by molar-refractivity contribution is -0.137. The molecule has 4 nitrogen and oxygen atoms in total. The molecule has 0 amide bonds. The van der Waals surface area contributed by atoms with Crippen LogP contribution in [0.2, 0.25) is 0 Å². The fraction of sp³-hybridized carbons (Fsp3) is 0.556. The van der Waals surface area contributed by atoms with Gasteiger partial charge in [0.25, 0.3) is 0 Å². The molecule has 5 rings (SSSR count). The standard InChI is InChI=1S/C27H35F3N4S.ClH/c1-26(2)7-11-34(17-26)21-4-3-18-13-22-23(32-20-5-9-33(10-6-20)12-8-31)14-19(27(28,29)30)15-25(22)35-24(18)16-21;/h3-4,14-16,20,32H,5-13,17,31H2,1-2H3;1H. The summed E-state index contributed by atoms with van der Waals surface area (Å²) in [5.41, 5.74) is 9.36. The van der Waals surface area contributed by atoms with Gasteiger partial charge in [-0.2, -0.15) is 13.2 Å². The van der Waals surface area contributed by atoms with Gasteiger partial charge in [-0.25, -0.2) is 0 Å². The molecule has 2 fully saturated rings. The highest BCUT2D eigenvalue weighted by Crippen LogP contribution is 2.47. The monoisotopic (exact) mass is 540 g/mol. The first-order chi connectivity index (χ1) is 16.6. The van der Waals surface area contributed by atoms with E-state index in [1.165, 1.54) is 35.1 Å². The molecule has 0 spiro atoms. The molecule has 3 aliphatic rings. The number of halogens is 4. The molecule has 3 N–H and O–H groups in total. The average molecular weight is 541 g/mol. The van der Waals surface area contributed by atoms with Gasteiger partial charge in [0.05, 0.1) is 5.56 Å². The van der Waals surface area contributed by atoms with Crippen molar-refractivity contribution in [3.63, 3.8) is 0 Å². The lowest BCUT2D eigenvalue weighted by Crippen LogP contribution is -2.41. The highest BCUT2D eigenvalue weighted by molar-refractivity contribution is 7.99. The number of likely N-dealkylation sites (tertiary alicyclic amines) is 1. The van der Waals surface area contributed by atoms with Crippen LogP contribution in [0.15, 0.2) is 40.1 Å². The zero-order valence-corrected chi connectivity index (χ0v) is 22.6. The summed E-state index contributed by atoms with van der Waals surface area (Å²) in [6.07, 6.45) is -0.764. The van der Waals surface area contributed by atoms with E-state index in [9.17, 15) is 13.2 Å². The van der Waals surface area contributed by atoms with Crippen LogP contribution in [0, 0.1) is 5.41 Å². The third-order valence-electron chi connectivity index (χ3n) is 7.61. The van der Waals surface area contributed by atoms with Crippen LogP contribution in [0.25, 0.3) is 0 Å². The Kier molecular flexibility index (Phi) is 8.10. The molecule has 0 bridgehead atoms. The van der Waals surface area contributed by atoms with Crippen LogP contribution in [0.4, 0.5) is 24.5 Å². The Morgan fingerprint density at radius 1 is 1.08 bits per heavy atom. The maximum absolute atomic E-state index is 13.8. The van der Waals surface area contributed by atoms with E-state index in [2.05, 4.69) is 47.2 Å². The molecule has 2 aromatic rings. The molecule has 0 atom stereocenters. The third-order valence-corrected chi connectivity index (χ3v) is 8.79. The van der Waals surface area contributed by atoms with Crippen LogP contribution in [-0.4, -0.2) is 50.2 Å². The smallest absolute Gasteiger partial charge is 0.382 e. The van der Waals surface area contributed by atoms with Crippen molar-refractivity contribution in [3.8, 4) is 0 Å². The van der Waals surface area contributed by atoms with E-state index >= 15 is 0 Å². The van der Waals surface area contributed by atoms with Crippen LogP contribution < -0.4 is 16.0 Å². The van der Waals surface area contributed by atoms with Crippen LogP contribution in [0.1, 0.15) is 49.8 Å². The van der Waals surface area contributed by atoms with E-state index in [0.717, 1.165) is 62.4 Å². The van der Waals surface area contributed by atoms with Crippen molar-refractivity contribution >= 4 is 35.5 Å². The maximum Gasteiger partial charge on any atom is 0.416 e. The van der Waals surface area contributed by atoms with Crippen molar-refractivity contribution in [2.24, 2.45) is 11.1 Å². The van der Waals surface area contributed by atoms with Gasteiger partial charge in [-0.1, -0.05) is 31.7 Å². The minimum absolute atomic E-state index is 0. The summed E-state index contributed by atoms with van der Waals surface area (Å²) in [5, 5.41) is 3.50. The lowest BCUT2D eigenvalue weighted by atomic mass is 9.93. The Hall–Kier alpha value is -1.61. The molecule has 2 saturated heterocycles. The first-order valence-electron chi connectivity index (χ1n) is 12.6. The minimum atomic E-state index is -4.38. The van der Waals surface area contributed by atoms with Crippen LogP contribution in [0.5, 0.6) is 0 Å². The van der Waals surface area contributed by atoms with E-state index in [0.29, 0.717) is 23.5 Å². The van der Waals surface area contributed by atoms with Crippen molar-refractivity contribution in [1.82, 2.24) is 4.90 Å². The van der Waals surface area contributed by atoms with Crippen LogP contribution >= 0.6 is 24.2 Å². The van der Waals surface area contributed by atoms with E-state index in [-0.39, 0.29) is 23.9 Å². The van der Waals surface area contributed by atoms with Gasteiger partial charge in [-0.3, -0.25) is 0 Å². The SMILES string of the molecule is CC1(C)CCN(c2ccc3c(c2)Sc2cc(C(F)(F)F)cc(NC4CCN(CCN)CC4)c2C3)C1.Cl. The van der Waals surface area contributed by atoms with E-state index in [1.54, 1.807) is 0 Å². The second-order valence-corrected chi connectivity index (χ2v) is 12.0.